The Labute approximate surface area is 120 Å². The summed E-state index contributed by atoms with van der Waals surface area (Å²) in [5.41, 5.74) is 2.02. The highest BCUT2D eigenvalue weighted by Crippen LogP contribution is 2.12. The average Bonchev–Trinajstić information content (AvgIpc) is 2.95. The summed E-state index contributed by atoms with van der Waals surface area (Å²) in [6.07, 6.45) is 7.62. The van der Waals surface area contributed by atoms with Gasteiger partial charge in [-0.25, -0.2) is 9.97 Å². The van der Waals surface area contributed by atoms with Crippen molar-refractivity contribution in [3.05, 3.63) is 58.9 Å². The lowest BCUT2D eigenvalue weighted by atomic mass is 10.2. The molecule has 0 amide bonds. The van der Waals surface area contributed by atoms with Crippen LogP contribution in [0, 0.1) is 0 Å². The van der Waals surface area contributed by atoms with Gasteiger partial charge < -0.3 is 10.4 Å². The number of aromatic nitrogens is 5. The number of nitrogens with zero attached hydrogens (tertiary/aromatic N) is 3. The second-order valence-electron chi connectivity index (χ2n) is 4.46. The minimum atomic E-state index is -0.199. The second-order valence-corrected chi connectivity index (χ2v) is 4.46. The van der Waals surface area contributed by atoms with Gasteiger partial charge in [0.25, 0.3) is 5.56 Å². The van der Waals surface area contributed by atoms with Crippen LogP contribution in [0.3, 0.4) is 0 Å². The molecule has 3 N–H and O–H groups in total. The Morgan fingerprint density at radius 2 is 2.19 bits per heavy atom. The van der Waals surface area contributed by atoms with E-state index < -0.39 is 0 Å². The molecule has 0 aromatic carbocycles. The van der Waals surface area contributed by atoms with Crippen LogP contribution in [0.15, 0.2) is 47.8 Å². The van der Waals surface area contributed by atoms with Crippen LogP contribution in [0.4, 0.5) is 5.95 Å². The molecule has 0 saturated carbocycles. The first-order valence-electron chi connectivity index (χ1n) is 6.55. The Balaban J connectivity index is 1.67. The van der Waals surface area contributed by atoms with Gasteiger partial charge >= 0.3 is 0 Å². The molecular weight excluding hydrogens is 268 g/mol. The maximum absolute atomic E-state index is 11.6. The van der Waals surface area contributed by atoms with Crippen LogP contribution < -0.4 is 10.9 Å². The van der Waals surface area contributed by atoms with Gasteiger partial charge in [0.1, 0.15) is 0 Å². The predicted molar refractivity (Wildman–Crippen MR) is 78.9 cm³/mol. The highest BCUT2D eigenvalue weighted by atomic mass is 16.1. The van der Waals surface area contributed by atoms with E-state index >= 15 is 0 Å². The van der Waals surface area contributed by atoms with Crippen molar-refractivity contribution in [2.75, 3.05) is 11.9 Å². The first-order chi connectivity index (χ1) is 10.3. The van der Waals surface area contributed by atoms with Gasteiger partial charge in [0.05, 0.1) is 11.3 Å². The standard InChI is InChI=1S/C14H14N6O/c21-13-11(9-18-20-13)12-4-7-17-14(19-12)16-6-3-10-2-1-5-15-8-10/h1-2,4-5,7-9H,3,6H2,(H,16,17,19)(H2,18,20,21). The largest absolute Gasteiger partial charge is 0.354 e. The van der Waals surface area contributed by atoms with E-state index in [2.05, 4.69) is 30.5 Å². The van der Waals surface area contributed by atoms with Crippen LogP contribution in [-0.2, 0) is 6.42 Å². The van der Waals surface area contributed by atoms with Crippen LogP contribution in [0.5, 0.6) is 0 Å². The number of pyridine rings is 1. The third-order valence-electron chi connectivity index (χ3n) is 3.00. The fourth-order valence-electron chi connectivity index (χ4n) is 1.96. The molecule has 0 bridgehead atoms. The first-order valence-corrected chi connectivity index (χ1v) is 6.55. The Kier molecular flexibility index (Phi) is 3.72. The van der Waals surface area contributed by atoms with E-state index in [1.165, 1.54) is 0 Å². The number of hydrogen-bond acceptors (Lipinski definition) is 5. The smallest absolute Gasteiger partial charge is 0.273 e. The van der Waals surface area contributed by atoms with Crippen LogP contribution in [0.25, 0.3) is 11.3 Å². The molecule has 3 heterocycles. The van der Waals surface area contributed by atoms with Crippen LogP contribution in [-0.4, -0.2) is 31.7 Å². The molecule has 0 aliphatic rings. The number of anilines is 1. The summed E-state index contributed by atoms with van der Waals surface area (Å²) in [7, 11) is 0. The van der Waals surface area contributed by atoms with Gasteiger partial charge in [-0.15, -0.1) is 0 Å². The molecule has 7 nitrogen and oxygen atoms in total. The second kappa shape index (κ2) is 6.00. The topological polar surface area (TPSA) is 99.3 Å². The number of hydrogen-bond donors (Lipinski definition) is 3. The minimum Gasteiger partial charge on any atom is -0.354 e. The maximum Gasteiger partial charge on any atom is 0.273 e. The average molecular weight is 282 g/mol. The molecule has 0 radical (unpaired) electrons. The quantitative estimate of drug-likeness (QED) is 0.653. The van der Waals surface area contributed by atoms with Gasteiger partial charge in [0.15, 0.2) is 0 Å². The summed E-state index contributed by atoms with van der Waals surface area (Å²) < 4.78 is 0. The Hall–Kier alpha value is -2.96. The summed E-state index contributed by atoms with van der Waals surface area (Å²) in [4.78, 5) is 24.1. The van der Waals surface area contributed by atoms with Crippen LogP contribution in [0.1, 0.15) is 5.56 Å². The molecule has 106 valence electrons. The lowest BCUT2D eigenvalue weighted by Crippen LogP contribution is -2.09. The molecule has 3 rings (SSSR count). The Bertz CT molecular complexity index is 764. The van der Waals surface area contributed by atoms with E-state index in [0.717, 1.165) is 12.0 Å². The number of H-pyrrole nitrogens is 2. The van der Waals surface area contributed by atoms with Gasteiger partial charge in [-0.1, -0.05) is 6.07 Å². The molecule has 3 aromatic rings. The molecular formula is C14H14N6O. The molecule has 7 heteroatoms. The zero-order chi connectivity index (χ0) is 14.5. The molecule has 0 fully saturated rings. The van der Waals surface area contributed by atoms with Crippen molar-refractivity contribution in [2.24, 2.45) is 0 Å². The Morgan fingerprint density at radius 3 is 2.95 bits per heavy atom. The van der Waals surface area contributed by atoms with Crippen molar-refractivity contribution < 1.29 is 0 Å². The summed E-state index contributed by atoms with van der Waals surface area (Å²) in [5, 5.41) is 8.28. The fourth-order valence-corrected chi connectivity index (χ4v) is 1.96. The minimum absolute atomic E-state index is 0.199. The Morgan fingerprint density at radius 1 is 1.24 bits per heavy atom. The maximum atomic E-state index is 11.6. The molecule has 0 aliphatic carbocycles. The molecule has 0 aliphatic heterocycles. The first kappa shape index (κ1) is 13.0. The van der Waals surface area contributed by atoms with Crippen molar-refractivity contribution in [1.29, 1.82) is 0 Å². The van der Waals surface area contributed by atoms with E-state index in [0.29, 0.717) is 23.8 Å². The van der Waals surface area contributed by atoms with Crippen molar-refractivity contribution >= 4 is 5.95 Å². The number of rotatable bonds is 5. The van der Waals surface area contributed by atoms with Crippen LogP contribution in [0.2, 0.25) is 0 Å². The van der Waals surface area contributed by atoms with Crippen molar-refractivity contribution in [1.82, 2.24) is 25.1 Å². The molecule has 0 atom stereocenters. The zero-order valence-electron chi connectivity index (χ0n) is 11.2. The summed E-state index contributed by atoms with van der Waals surface area (Å²) in [6.45, 7) is 0.693. The third kappa shape index (κ3) is 3.14. The van der Waals surface area contributed by atoms with Crippen LogP contribution >= 0.6 is 0 Å². The normalized spacial score (nSPS) is 10.5. The molecule has 21 heavy (non-hydrogen) atoms. The SMILES string of the molecule is O=c1[nH][nH]cc1-c1ccnc(NCCc2cccnc2)n1. The van der Waals surface area contributed by atoms with E-state index in [1.807, 2.05) is 18.3 Å². The highest BCUT2D eigenvalue weighted by molar-refractivity contribution is 5.57. The summed E-state index contributed by atoms with van der Waals surface area (Å²) in [5.74, 6) is 0.497. The van der Waals surface area contributed by atoms with Crippen molar-refractivity contribution in [2.45, 2.75) is 6.42 Å². The highest BCUT2D eigenvalue weighted by Gasteiger charge is 2.06. The van der Waals surface area contributed by atoms with Crippen molar-refractivity contribution in [3.8, 4) is 11.3 Å². The number of aromatic amines is 2. The van der Waals surface area contributed by atoms with Gasteiger partial charge in [0.2, 0.25) is 5.95 Å². The van der Waals surface area contributed by atoms with Gasteiger partial charge in [-0.05, 0) is 24.1 Å². The fraction of sp³-hybridized carbons (Fsp3) is 0.143. The van der Waals surface area contributed by atoms with E-state index in [9.17, 15) is 4.79 Å². The van der Waals surface area contributed by atoms with Gasteiger partial charge in [-0.2, -0.15) is 0 Å². The molecule has 0 spiro atoms. The third-order valence-corrected chi connectivity index (χ3v) is 3.00. The predicted octanol–water partition coefficient (Wildman–Crippen LogP) is 1.21. The molecule has 3 aromatic heterocycles. The van der Waals surface area contributed by atoms with Gasteiger partial charge in [0, 0.05) is 31.3 Å². The lowest BCUT2D eigenvalue weighted by Gasteiger charge is -2.05. The lowest BCUT2D eigenvalue weighted by molar-refractivity contribution is 0.975. The van der Waals surface area contributed by atoms with Crippen molar-refractivity contribution in [3.63, 3.8) is 0 Å². The summed E-state index contributed by atoms with van der Waals surface area (Å²) in [6, 6.07) is 5.63. The van der Waals surface area contributed by atoms with E-state index in [1.54, 1.807) is 24.7 Å². The summed E-state index contributed by atoms with van der Waals surface area (Å²) >= 11 is 0. The molecule has 0 unspecified atom stereocenters. The van der Waals surface area contributed by atoms with Gasteiger partial charge in [-0.3, -0.25) is 14.9 Å². The monoisotopic (exact) mass is 282 g/mol. The molecule has 0 saturated heterocycles. The zero-order valence-corrected chi connectivity index (χ0v) is 11.2. The van der Waals surface area contributed by atoms with E-state index in [4.69, 9.17) is 0 Å². The van der Waals surface area contributed by atoms with E-state index in [-0.39, 0.29) is 5.56 Å². The number of nitrogens with one attached hydrogen (secondary N) is 3.